The molecular formula is C15H12FNO3S. The van der Waals surface area contributed by atoms with Gasteiger partial charge in [-0.15, -0.1) is 0 Å². The van der Waals surface area contributed by atoms with E-state index in [9.17, 15) is 17.6 Å². The van der Waals surface area contributed by atoms with Crippen molar-refractivity contribution in [1.82, 2.24) is 5.32 Å². The van der Waals surface area contributed by atoms with Gasteiger partial charge in [-0.25, -0.2) is 12.8 Å². The molecule has 0 spiro atoms. The zero-order chi connectivity index (χ0) is 15.0. The fourth-order valence-corrected chi connectivity index (χ4v) is 3.61. The number of benzene rings is 2. The normalized spacial score (nSPS) is 19.8. The summed E-state index contributed by atoms with van der Waals surface area (Å²) in [6.07, 6.45) is 1.44. The van der Waals surface area contributed by atoms with Crippen LogP contribution in [0.2, 0.25) is 0 Å². The first-order chi connectivity index (χ1) is 9.96. The number of nitrogens with one attached hydrogen (secondary N) is 1. The highest BCUT2D eigenvalue weighted by atomic mass is 32.2. The van der Waals surface area contributed by atoms with E-state index in [0.29, 0.717) is 16.3 Å². The summed E-state index contributed by atoms with van der Waals surface area (Å²) >= 11 is 0. The van der Waals surface area contributed by atoms with E-state index in [1.807, 2.05) is 0 Å². The summed E-state index contributed by atoms with van der Waals surface area (Å²) in [4.78, 5) is 12.3. The van der Waals surface area contributed by atoms with Gasteiger partial charge in [0.15, 0.2) is 9.84 Å². The number of sulfone groups is 1. The summed E-state index contributed by atoms with van der Waals surface area (Å²) in [6, 6.07) is 8.76. The fraction of sp³-hybridized carbons (Fsp3) is 0.133. The molecule has 1 atom stereocenters. The van der Waals surface area contributed by atoms with E-state index in [-0.39, 0.29) is 5.75 Å². The van der Waals surface area contributed by atoms with Crippen molar-refractivity contribution in [1.29, 1.82) is 0 Å². The molecule has 1 unspecified atom stereocenters. The minimum atomic E-state index is -3.23. The molecule has 3 rings (SSSR count). The Morgan fingerprint density at radius 1 is 1.14 bits per heavy atom. The monoisotopic (exact) mass is 305 g/mol. The minimum absolute atomic E-state index is 0.141. The number of halogens is 1. The molecule has 1 amide bonds. The van der Waals surface area contributed by atoms with E-state index in [0.717, 1.165) is 5.41 Å². The molecule has 0 saturated carbocycles. The molecule has 2 aromatic rings. The van der Waals surface area contributed by atoms with Crippen LogP contribution in [0, 0.1) is 5.82 Å². The van der Waals surface area contributed by atoms with Crippen molar-refractivity contribution in [2.75, 3.05) is 5.75 Å². The van der Waals surface area contributed by atoms with Gasteiger partial charge in [0.05, 0.1) is 11.8 Å². The molecule has 1 aliphatic heterocycles. The van der Waals surface area contributed by atoms with Crippen LogP contribution in [0.1, 0.15) is 10.4 Å². The molecule has 0 bridgehead atoms. The number of rotatable bonds is 2. The maximum atomic E-state index is 13.7. The number of hydrogen-bond donors (Lipinski definition) is 1. The average molecular weight is 305 g/mol. The molecule has 0 aromatic heterocycles. The van der Waals surface area contributed by atoms with Crippen molar-refractivity contribution in [3.8, 4) is 0 Å². The van der Waals surface area contributed by atoms with Gasteiger partial charge in [-0.3, -0.25) is 4.79 Å². The first-order valence-electron chi connectivity index (χ1n) is 6.35. The number of amides is 1. The van der Waals surface area contributed by atoms with Crippen molar-refractivity contribution in [3.05, 3.63) is 59.3 Å². The molecule has 6 heteroatoms. The van der Waals surface area contributed by atoms with Crippen LogP contribution >= 0.6 is 0 Å². The van der Waals surface area contributed by atoms with Crippen LogP contribution in [0.5, 0.6) is 0 Å². The second-order valence-corrected chi connectivity index (χ2v) is 6.81. The van der Waals surface area contributed by atoms with Gasteiger partial charge in [-0.1, -0.05) is 24.3 Å². The number of carbonyl (C=O) groups is 1. The van der Waals surface area contributed by atoms with Crippen LogP contribution in [0.4, 0.5) is 4.39 Å². The van der Waals surface area contributed by atoms with Crippen LogP contribution in [0.15, 0.2) is 47.9 Å². The maximum absolute atomic E-state index is 13.7. The Labute approximate surface area is 121 Å². The Morgan fingerprint density at radius 2 is 1.86 bits per heavy atom. The Balaban J connectivity index is 1.93. The molecular weight excluding hydrogens is 293 g/mol. The second kappa shape index (κ2) is 4.96. The van der Waals surface area contributed by atoms with E-state index < -0.39 is 27.6 Å². The van der Waals surface area contributed by atoms with Gasteiger partial charge in [-0.05, 0) is 23.6 Å². The van der Waals surface area contributed by atoms with Crippen molar-refractivity contribution < 1.29 is 17.6 Å². The van der Waals surface area contributed by atoms with Crippen LogP contribution in [0.3, 0.4) is 0 Å². The van der Waals surface area contributed by atoms with Gasteiger partial charge in [0, 0.05) is 16.4 Å². The minimum Gasteiger partial charge on any atom is -0.345 e. The maximum Gasteiger partial charge on any atom is 0.252 e. The topological polar surface area (TPSA) is 63.2 Å². The van der Waals surface area contributed by atoms with E-state index in [4.69, 9.17) is 0 Å². The van der Waals surface area contributed by atoms with Gasteiger partial charge >= 0.3 is 0 Å². The number of fused-ring (bicyclic) bond motifs is 1. The summed E-state index contributed by atoms with van der Waals surface area (Å²) in [7, 11) is -3.23. The first-order valence-corrected chi connectivity index (χ1v) is 8.07. The highest BCUT2D eigenvalue weighted by Crippen LogP contribution is 2.22. The first kappa shape index (κ1) is 13.8. The van der Waals surface area contributed by atoms with Crippen LogP contribution < -0.4 is 5.32 Å². The lowest BCUT2D eigenvalue weighted by Crippen LogP contribution is -2.35. The molecule has 108 valence electrons. The van der Waals surface area contributed by atoms with Gasteiger partial charge in [0.1, 0.15) is 5.82 Å². The van der Waals surface area contributed by atoms with Crippen molar-refractivity contribution >= 4 is 26.5 Å². The van der Waals surface area contributed by atoms with Crippen molar-refractivity contribution in [2.24, 2.45) is 0 Å². The lowest BCUT2D eigenvalue weighted by Gasteiger charge is -2.12. The predicted octanol–water partition coefficient (Wildman–Crippen LogP) is 2.02. The van der Waals surface area contributed by atoms with Crippen molar-refractivity contribution in [2.45, 2.75) is 6.04 Å². The van der Waals surface area contributed by atoms with E-state index in [2.05, 4.69) is 5.32 Å². The van der Waals surface area contributed by atoms with Gasteiger partial charge in [0.2, 0.25) is 0 Å². The third-order valence-electron chi connectivity index (χ3n) is 3.36. The summed E-state index contributed by atoms with van der Waals surface area (Å²) in [5.41, 5.74) is 0.324. The third-order valence-corrected chi connectivity index (χ3v) is 4.76. The van der Waals surface area contributed by atoms with Gasteiger partial charge in [-0.2, -0.15) is 0 Å². The lowest BCUT2D eigenvalue weighted by atomic mass is 10.0. The third kappa shape index (κ3) is 2.67. The molecule has 0 saturated heterocycles. The summed E-state index contributed by atoms with van der Waals surface area (Å²) in [5.74, 6) is -0.957. The number of carbonyl (C=O) groups excluding carboxylic acids is 1. The molecule has 1 heterocycles. The van der Waals surface area contributed by atoms with Gasteiger partial charge < -0.3 is 5.32 Å². The predicted molar refractivity (Wildman–Crippen MR) is 78.1 cm³/mol. The summed E-state index contributed by atoms with van der Waals surface area (Å²) in [6.45, 7) is 0. The summed E-state index contributed by atoms with van der Waals surface area (Å²) < 4.78 is 36.4. The van der Waals surface area contributed by atoms with E-state index in [1.54, 1.807) is 24.3 Å². The molecule has 0 aliphatic carbocycles. The Morgan fingerprint density at radius 3 is 2.52 bits per heavy atom. The van der Waals surface area contributed by atoms with Crippen LogP contribution in [-0.4, -0.2) is 26.1 Å². The zero-order valence-corrected chi connectivity index (χ0v) is 11.7. The van der Waals surface area contributed by atoms with Gasteiger partial charge in [0.25, 0.3) is 5.91 Å². The highest BCUT2D eigenvalue weighted by Gasteiger charge is 2.24. The number of hydrogen-bond acceptors (Lipinski definition) is 3. The van der Waals surface area contributed by atoms with Crippen molar-refractivity contribution in [3.63, 3.8) is 0 Å². The molecule has 0 fully saturated rings. The summed E-state index contributed by atoms with van der Waals surface area (Å²) in [5, 5.41) is 4.59. The smallest absolute Gasteiger partial charge is 0.252 e. The second-order valence-electron chi connectivity index (χ2n) is 4.88. The van der Waals surface area contributed by atoms with E-state index in [1.165, 1.54) is 18.2 Å². The van der Waals surface area contributed by atoms with Crippen LogP contribution in [-0.2, 0) is 9.84 Å². The Hall–Kier alpha value is -2.21. The lowest BCUT2D eigenvalue weighted by molar-refractivity contribution is 0.0949. The Kier molecular flexibility index (Phi) is 3.25. The zero-order valence-electron chi connectivity index (χ0n) is 10.9. The Bertz CT molecular complexity index is 858. The van der Waals surface area contributed by atoms with E-state index >= 15 is 0 Å². The quantitative estimate of drug-likeness (QED) is 0.923. The highest BCUT2D eigenvalue weighted by molar-refractivity contribution is 7.94. The molecule has 0 radical (unpaired) electrons. The largest absolute Gasteiger partial charge is 0.345 e. The molecule has 1 aliphatic rings. The van der Waals surface area contributed by atoms with Crippen LogP contribution in [0.25, 0.3) is 10.8 Å². The molecule has 4 nitrogen and oxygen atoms in total. The molecule has 21 heavy (non-hydrogen) atoms. The SMILES string of the molecule is O=C(NC1C=CS(=O)(=O)C1)c1ccc(F)c2ccccc12. The molecule has 2 aromatic carbocycles. The average Bonchev–Trinajstić information content (AvgIpc) is 2.78. The fourth-order valence-electron chi connectivity index (χ4n) is 2.37. The molecule has 1 N–H and O–H groups in total. The standard InChI is InChI=1S/C15H12FNO3S/c16-14-6-5-13(11-3-1-2-4-12(11)14)15(18)17-10-7-8-21(19,20)9-10/h1-8,10H,9H2,(H,17,18).